The second kappa shape index (κ2) is 5.35. The SMILES string of the molecule is CC1C=C(C#Cc2cnc(N)s2)N2N=CC=CC2=CC1. The van der Waals surface area contributed by atoms with E-state index in [-0.39, 0.29) is 0 Å². The van der Waals surface area contributed by atoms with Crippen LogP contribution in [0.25, 0.3) is 0 Å². The van der Waals surface area contributed by atoms with E-state index in [2.05, 4.69) is 41.0 Å². The number of hydrogen-bond acceptors (Lipinski definition) is 5. The van der Waals surface area contributed by atoms with Crippen LogP contribution in [0.5, 0.6) is 0 Å². The van der Waals surface area contributed by atoms with Crippen molar-refractivity contribution in [1.29, 1.82) is 0 Å². The molecule has 1 unspecified atom stereocenters. The van der Waals surface area contributed by atoms with E-state index in [1.54, 1.807) is 12.4 Å². The van der Waals surface area contributed by atoms with Crippen LogP contribution in [0.2, 0.25) is 0 Å². The van der Waals surface area contributed by atoms with Crippen LogP contribution >= 0.6 is 11.3 Å². The van der Waals surface area contributed by atoms with E-state index in [0.717, 1.165) is 22.7 Å². The molecule has 4 nitrogen and oxygen atoms in total. The molecule has 3 rings (SSSR count). The predicted octanol–water partition coefficient (Wildman–Crippen LogP) is 2.74. The highest BCUT2D eigenvalue weighted by Gasteiger charge is 2.16. The Morgan fingerprint density at radius 3 is 3.15 bits per heavy atom. The van der Waals surface area contributed by atoms with Crippen molar-refractivity contribution in [3.8, 4) is 11.8 Å². The summed E-state index contributed by atoms with van der Waals surface area (Å²) in [5, 5.41) is 6.81. The van der Waals surface area contributed by atoms with Crippen molar-refractivity contribution >= 4 is 22.7 Å². The van der Waals surface area contributed by atoms with E-state index in [1.165, 1.54) is 11.3 Å². The summed E-state index contributed by atoms with van der Waals surface area (Å²) in [6, 6.07) is 0. The molecule has 0 amide bonds. The lowest BCUT2D eigenvalue weighted by atomic mass is 10.1. The van der Waals surface area contributed by atoms with Crippen LogP contribution < -0.4 is 5.73 Å². The molecule has 1 aromatic heterocycles. The first-order valence-corrected chi connectivity index (χ1v) is 7.20. The van der Waals surface area contributed by atoms with Gasteiger partial charge in [0.15, 0.2) is 5.13 Å². The molecular formula is C15H14N4S. The second-order valence-electron chi connectivity index (χ2n) is 4.64. The van der Waals surface area contributed by atoms with E-state index in [0.29, 0.717) is 11.0 Å². The highest BCUT2D eigenvalue weighted by atomic mass is 32.1. The zero-order chi connectivity index (χ0) is 13.9. The number of fused-ring (bicyclic) bond motifs is 1. The molecule has 100 valence electrons. The Morgan fingerprint density at radius 2 is 2.35 bits per heavy atom. The molecule has 0 fully saturated rings. The highest BCUT2D eigenvalue weighted by molar-refractivity contribution is 7.15. The first-order valence-electron chi connectivity index (χ1n) is 6.38. The molecule has 3 heterocycles. The maximum Gasteiger partial charge on any atom is 0.181 e. The summed E-state index contributed by atoms with van der Waals surface area (Å²) < 4.78 is 0. The van der Waals surface area contributed by atoms with E-state index < -0.39 is 0 Å². The van der Waals surface area contributed by atoms with Gasteiger partial charge in [0.25, 0.3) is 0 Å². The maximum absolute atomic E-state index is 5.61. The summed E-state index contributed by atoms with van der Waals surface area (Å²) in [7, 11) is 0. The predicted molar refractivity (Wildman–Crippen MR) is 82.8 cm³/mol. The Balaban J connectivity index is 1.94. The Hall–Kier alpha value is -2.32. The summed E-state index contributed by atoms with van der Waals surface area (Å²) in [4.78, 5) is 4.87. The molecule has 0 spiro atoms. The van der Waals surface area contributed by atoms with E-state index in [1.807, 2.05) is 17.2 Å². The number of thiazole rings is 1. The average Bonchev–Trinajstić information content (AvgIpc) is 2.79. The molecule has 0 saturated carbocycles. The molecule has 0 radical (unpaired) electrons. The largest absolute Gasteiger partial charge is 0.375 e. The second-order valence-corrected chi connectivity index (χ2v) is 5.70. The summed E-state index contributed by atoms with van der Waals surface area (Å²) in [6.07, 6.45) is 12.8. The van der Waals surface area contributed by atoms with Gasteiger partial charge in [0.1, 0.15) is 5.70 Å². The van der Waals surface area contributed by atoms with Crippen molar-refractivity contribution in [1.82, 2.24) is 9.99 Å². The summed E-state index contributed by atoms with van der Waals surface area (Å²) in [5.74, 6) is 6.73. The zero-order valence-electron chi connectivity index (χ0n) is 11.1. The molecule has 20 heavy (non-hydrogen) atoms. The smallest absolute Gasteiger partial charge is 0.181 e. The third kappa shape index (κ3) is 2.65. The lowest BCUT2D eigenvalue weighted by Gasteiger charge is -2.20. The molecule has 2 aliphatic rings. The van der Waals surface area contributed by atoms with Crippen molar-refractivity contribution in [2.45, 2.75) is 13.3 Å². The highest BCUT2D eigenvalue weighted by Crippen LogP contribution is 2.25. The van der Waals surface area contributed by atoms with Crippen LogP contribution in [-0.2, 0) is 0 Å². The number of nitrogens with zero attached hydrogens (tertiary/aromatic N) is 3. The summed E-state index contributed by atoms with van der Waals surface area (Å²) in [6.45, 7) is 2.18. The van der Waals surface area contributed by atoms with Gasteiger partial charge in [0, 0.05) is 6.21 Å². The minimum absolute atomic E-state index is 0.438. The Bertz CT molecular complexity index is 697. The van der Waals surface area contributed by atoms with E-state index in [4.69, 9.17) is 5.73 Å². The van der Waals surface area contributed by atoms with Gasteiger partial charge in [-0.3, -0.25) is 0 Å². The summed E-state index contributed by atoms with van der Waals surface area (Å²) in [5.41, 5.74) is 7.58. The molecule has 2 aliphatic heterocycles. The first kappa shape index (κ1) is 12.7. The van der Waals surface area contributed by atoms with Gasteiger partial charge in [-0.1, -0.05) is 24.3 Å². The van der Waals surface area contributed by atoms with Crippen LogP contribution in [0.4, 0.5) is 5.13 Å². The fraction of sp³-hybridized carbons (Fsp3) is 0.200. The topological polar surface area (TPSA) is 54.5 Å². The van der Waals surface area contributed by atoms with Gasteiger partial charge in [-0.05, 0) is 42.4 Å². The van der Waals surface area contributed by atoms with Crippen molar-refractivity contribution in [3.05, 3.63) is 46.8 Å². The minimum Gasteiger partial charge on any atom is -0.375 e. The van der Waals surface area contributed by atoms with Crippen molar-refractivity contribution in [2.75, 3.05) is 5.73 Å². The van der Waals surface area contributed by atoms with Crippen molar-refractivity contribution in [3.63, 3.8) is 0 Å². The molecule has 1 atom stereocenters. The van der Waals surface area contributed by atoms with Gasteiger partial charge in [0.05, 0.1) is 16.8 Å². The van der Waals surface area contributed by atoms with Crippen LogP contribution in [-0.4, -0.2) is 16.2 Å². The van der Waals surface area contributed by atoms with Gasteiger partial charge in [-0.2, -0.15) is 5.10 Å². The van der Waals surface area contributed by atoms with Gasteiger partial charge >= 0.3 is 0 Å². The molecule has 2 N–H and O–H groups in total. The zero-order valence-corrected chi connectivity index (χ0v) is 11.9. The van der Waals surface area contributed by atoms with Crippen LogP contribution in [0.1, 0.15) is 18.2 Å². The van der Waals surface area contributed by atoms with Crippen molar-refractivity contribution in [2.24, 2.45) is 11.0 Å². The number of aromatic nitrogens is 1. The Kier molecular flexibility index (Phi) is 3.40. The van der Waals surface area contributed by atoms with Crippen molar-refractivity contribution < 1.29 is 0 Å². The number of hydrazone groups is 1. The molecule has 1 aromatic rings. The number of nitrogens with two attached hydrogens (primary N) is 1. The minimum atomic E-state index is 0.438. The van der Waals surface area contributed by atoms with E-state index >= 15 is 0 Å². The normalized spacial score (nSPS) is 20.4. The quantitative estimate of drug-likeness (QED) is 0.744. The van der Waals surface area contributed by atoms with E-state index in [9.17, 15) is 0 Å². The number of nitrogen functional groups attached to an aromatic ring is 1. The standard InChI is InChI=1S/C15H14N4S/c1-11-4-5-12-3-2-8-18-19(12)13(9-11)6-7-14-10-17-15(16)20-14/h2-3,5,8-11H,4H2,1H3,(H2,16,17). The fourth-order valence-corrected chi connectivity index (χ4v) is 2.56. The van der Waals surface area contributed by atoms with Crippen LogP contribution in [0.3, 0.4) is 0 Å². The van der Waals surface area contributed by atoms with Gasteiger partial charge in [0.2, 0.25) is 0 Å². The molecular weight excluding hydrogens is 268 g/mol. The lowest BCUT2D eigenvalue weighted by Crippen LogP contribution is -2.16. The maximum atomic E-state index is 5.61. The fourth-order valence-electron chi connectivity index (χ4n) is 2.02. The number of anilines is 1. The molecule has 5 heteroatoms. The monoisotopic (exact) mass is 282 g/mol. The average molecular weight is 282 g/mol. The molecule has 0 saturated heterocycles. The van der Waals surface area contributed by atoms with Gasteiger partial charge in [-0.15, -0.1) is 0 Å². The van der Waals surface area contributed by atoms with Gasteiger partial charge in [-0.25, -0.2) is 9.99 Å². The third-order valence-corrected chi connectivity index (χ3v) is 3.73. The number of hydrogen-bond donors (Lipinski definition) is 1. The first-order chi connectivity index (χ1) is 9.72. The van der Waals surface area contributed by atoms with Crippen LogP contribution in [0.15, 0.2) is 47.0 Å². The molecule has 0 aromatic carbocycles. The summed E-state index contributed by atoms with van der Waals surface area (Å²) >= 11 is 1.39. The molecule has 0 bridgehead atoms. The van der Waals surface area contributed by atoms with Crippen LogP contribution in [0, 0.1) is 17.8 Å². The lowest BCUT2D eigenvalue weighted by molar-refractivity contribution is 0.488. The third-order valence-electron chi connectivity index (χ3n) is 2.99. The Labute approximate surface area is 122 Å². The molecule has 0 aliphatic carbocycles. The number of allylic oxidation sites excluding steroid dienone is 5. The Morgan fingerprint density at radius 1 is 1.45 bits per heavy atom. The van der Waals surface area contributed by atoms with Gasteiger partial charge < -0.3 is 5.73 Å². The number of rotatable bonds is 0.